The monoisotopic (exact) mass is 194 g/mol. The normalized spacial score (nSPS) is 39.2. The Morgan fingerprint density at radius 1 is 1.00 bits per heavy atom. The molecule has 0 aromatic heterocycles. The summed E-state index contributed by atoms with van der Waals surface area (Å²) >= 11 is 0. The highest BCUT2D eigenvalue weighted by molar-refractivity contribution is 5.02. The van der Waals surface area contributed by atoms with Gasteiger partial charge in [-0.25, -0.2) is 0 Å². The fourth-order valence-electron chi connectivity index (χ4n) is 2.92. The van der Waals surface area contributed by atoms with Crippen molar-refractivity contribution in [2.45, 2.75) is 51.0 Å². The zero-order chi connectivity index (χ0) is 9.97. The molecule has 2 rings (SSSR count). The molecular formula is C12H22N2. The Bertz CT molecular complexity index is 214. The summed E-state index contributed by atoms with van der Waals surface area (Å²) in [5.41, 5.74) is 12.8. The molecule has 0 aromatic rings. The summed E-state index contributed by atoms with van der Waals surface area (Å²) in [6, 6.07) is 0.482. The Labute approximate surface area is 86.7 Å². The highest BCUT2D eigenvalue weighted by Gasteiger charge is 2.26. The van der Waals surface area contributed by atoms with E-state index in [0.29, 0.717) is 6.04 Å². The molecule has 0 radical (unpaired) electrons. The van der Waals surface area contributed by atoms with Gasteiger partial charge in [0.15, 0.2) is 0 Å². The Hall–Kier alpha value is -0.500. The maximum Gasteiger partial charge on any atom is 0.00401 e. The van der Waals surface area contributed by atoms with Gasteiger partial charge >= 0.3 is 0 Å². The SMILES string of the molecule is NC1=CCC(C2CCC(N)CC2)CC1. The minimum atomic E-state index is 0.482. The first kappa shape index (κ1) is 10.0. The average Bonchev–Trinajstić information content (AvgIpc) is 2.21. The second kappa shape index (κ2) is 4.35. The van der Waals surface area contributed by atoms with Crippen LogP contribution in [0.15, 0.2) is 11.8 Å². The van der Waals surface area contributed by atoms with Crippen molar-refractivity contribution in [2.24, 2.45) is 23.3 Å². The Morgan fingerprint density at radius 2 is 1.71 bits per heavy atom. The van der Waals surface area contributed by atoms with Crippen LogP contribution in [0.3, 0.4) is 0 Å². The molecule has 0 saturated heterocycles. The fraction of sp³-hybridized carbons (Fsp3) is 0.833. The van der Waals surface area contributed by atoms with Crippen molar-refractivity contribution < 1.29 is 0 Å². The first-order valence-corrected chi connectivity index (χ1v) is 5.96. The Morgan fingerprint density at radius 3 is 2.29 bits per heavy atom. The van der Waals surface area contributed by atoms with Crippen molar-refractivity contribution >= 4 is 0 Å². The highest BCUT2D eigenvalue weighted by Crippen LogP contribution is 2.36. The van der Waals surface area contributed by atoms with Crippen molar-refractivity contribution in [3.8, 4) is 0 Å². The quantitative estimate of drug-likeness (QED) is 0.672. The first-order chi connectivity index (χ1) is 6.75. The summed E-state index contributed by atoms with van der Waals surface area (Å²) in [5, 5.41) is 0. The summed E-state index contributed by atoms with van der Waals surface area (Å²) in [5.74, 6) is 1.83. The van der Waals surface area contributed by atoms with E-state index < -0.39 is 0 Å². The van der Waals surface area contributed by atoms with Crippen LogP contribution in [0.2, 0.25) is 0 Å². The van der Waals surface area contributed by atoms with E-state index in [2.05, 4.69) is 6.08 Å². The van der Waals surface area contributed by atoms with Gasteiger partial charge in [-0.1, -0.05) is 6.08 Å². The van der Waals surface area contributed by atoms with Crippen LogP contribution < -0.4 is 11.5 Å². The third kappa shape index (κ3) is 2.30. The zero-order valence-corrected chi connectivity index (χ0v) is 8.91. The van der Waals surface area contributed by atoms with Gasteiger partial charge in [0, 0.05) is 11.7 Å². The lowest BCUT2D eigenvalue weighted by Gasteiger charge is -2.34. The number of nitrogens with two attached hydrogens (primary N) is 2. The number of hydrogen-bond acceptors (Lipinski definition) is 2. The molecule has 0 aliphatic heterocycles. The van der Waals surface area contributed by atoms with Crippen molar-refractivity contribution in [1.29, 1.82) is 0 Å². The molecule has 1 saturated carbocycles. The van der Waals surface area contributed by atoms with Gasteiger partial charge in [0.1, 0.15) is 0 Å². The van der Waals surface area contributed by atoms with Gasteiger partial charge in [0.2, 0.25) is 0 Å². The largest absolute Gasteiger partial charge is 0.402 e. The zero-order valence-electron chi connectivity index (χ0n) is 8.91. The van der Waals surface area contributed by atoms with Gasteiger partial charge in [0.25, 0.3) is 0 Å². The van der Waals surface area contributed by atoms with E-state index in [0.717, 1.165) is 24.0 Å². The van der Waals surface area contributed by atoms with E-state index in [9.17, 15) is 0 Å². The number of allylic oxidation sites excluding steroid dienone is 2. The number of hydrogen-bond donors (Lipinski definition) is 2. The van der Waals surface area contributed by atoms with Gasteiger partial charge < -0.3 is 11.5 Å². The van der Waals surface area contributed by atoms with Crippen molar-refractivity contribution in [1.82, 2.24) is 0 Å². The highest BCUT2D eigenvalue weighted by atomic mass is 14.6. The summed E-state index contributed by atoms with van der Waals surface area (Å²) in [7, 11) is 0. The molecule has 80 valence electrons. The van der Waals surface area contributed by atoms with E-state index >= 15 is 0 Å². The van der Waals surface area contributed by atoms with E-state index in [1.807, 2.05) is 0 Å². The smallest absolute Gasteiger partial charge is 0.00401 e. The van der Waals surface area contributed by atoms with E-state index in [4.69, 9.17) is 11.5 Å². The van der Waals surface area contributed by atoms with Crippen LogP contribution in [0.25, 0.3) is 0 Å². The maximum atomic E-state index is 5.92. The molecule has 2 nitrogen and oxygen atoms in total. The Balaban J connectivity index is 1.84. The van der Waals surface area contributed by atoms with Crippen molar-refractivity contribution in [3.05, 3.63) is 11.8 Å². The van der Waals surface area contributed by atoms with Crippen molar-refractivity contribution in [2.75, 3.05) is 0 Å². The van der Waals surface area contributed by atoms with Crippen LogP contribution >= 0.6 is 0 Å². The summed E-state index contributed by atoms with van der Waals surface area (Å²) in [4.78, 5) is 0. The van der Waals surface area contributed by atoms with Gasteiger partial charge in [-0.3, -0.25) is 0 Å². The molecule has 14 heavy (non-hydrogen) atoms. The lowest BCUT2D eigenvalue weighted by molar-refractivity contribution is 0.218. The molecule has 2 heteroatoms. The predicted molar refractivity (Wildman–Crippen MR) is 59.5 cm³/mol. The molecule has 0 heterocycles. The minimum absolute atomic E-state index is 0.482. The maximum absolute atomic E-state index is 5.92. The van der Waals surface area contributed by atoms with Crippen molar-refractivity contribution in [3.63, 3.8) is 0 Å². The lowest BCUT2D eigenvalue weighted by atomic mass is 9.74. The minimum Gasteiger partial charge on any atom is -0.402 e. The molecule has 1 unspecified atom stereocenters. The molecule has 1 fully saturated rings. The van der Waals surface area contributed by atoms with E-state index in [1.54, 1.807) is 0 Å². The van der Waals surface area contributed by atoms with Gasteiger partial charge in [-0.15, -0.1) is 0 Å². The molecule has 2 aliphatic carbocycles. The molecule has 0 aromatic carbocycles. The summed E-state index contributed by atoms with van der Waals surface area (Å²) in [6.45, 7) is 0. The molecule has 2 aliphatic rings. The third-order valence-corrected chi connectivity index (χ3v) is 3.97. The molecular weight excluding hydrogens is 172 g/mol. The van der Waals surface area contributed by atoms with E-state index in [1.165, 1.54) is 38.5 Å². The summed E-state index contributed by atoms with van der Waals surface area (Å²) in [6.07, 6.45) is 11.0. The molecule has 0 bridgehead atoms. The number of rotatable bonds is 1. The lowest BCUT2D eigenvalue weighted by Crippen LogP contribution is -2.30. The summed E-state index contributed by atoms with van der Waals surface area (Å²) < 4.78 is 0. The van der Waals surface area contributed by atoms with Crippen LogP contribution in [-0.2, 0) is 0 Å². The van der Waals surface area contributed by atoms with Crippen LogP contribution in [0.5, 0.6) is 0 Å². The molecule has 1 atom stereocenters. The van der Waals surface area contributed by atoms with Gasteiger partial charge in [-0.05, 0) is 56.8 Å². The van der Waals surface area contributed by atoms with Crippen LogP contribution in [0.1, 0.15) is 44.9 Å². The van der Waals surface area contributed by atoms with Crippen LogP contribution in [-0.4, -0.2) is 6.04 Å². The van der Waals surface area contributed by atoms with Crippen LogP contribution in [0.4, 0.5) is 0 Å². The molecule has 0 spiro atoms. The van der Waals surface area contributed by atoms with Gasteiger partial charge in [0.05, 0.1) is 0 Å². The van der Waals surface area contributed by atoms with E-state index in [-0.39, 0.29) is 0 Å². The second-order valence-electron chi connectivity index (χ2n) is 4.99. The predicted octanol–water partition coefficient (Wildman–Crippen LogP) is 2.15. The fourth-order valence-corrected chi connectivity index (χ4v) is 2.92. The topological polar surface area (TPSA) is 52.0 Å². The standard InChI is InChI=1S/C12H22N2/c13-11-5-1-9(2-6-11)10-3-7-12(14)8-4-10/h5,9-10,12H,1-4,6-8,13-14H2. The molecule has 4 N–H and O–H groups in total. The van der Waals surface area contributed by atoms with Crippen LogP contribution in [0, 0.1) is 11.8 Å². The Kier molecular flexibility index (Phi) is 3.12. The second-order valence-corrected chi connectivity index (χ2v) is 4.99. The van der Waals surface area contributed by atoms with Gasteiger partial charge in [-0.2, -0.15) is 0 Å². The third-order valence-electron chi connectivity index (χ3n) is 3.97. The average molecular weight is 194 g/mol. The first-order valence-electron chi connectivity index (χ1n) is 5.96. The molecule has 0 amide bonds.